The molecule has 2 aromatic heterocycles. The van der Waals surface area contributed by atoms with E-state index in [1.165, 1.54) is 19.2 Å². The molecule has 1 aliphatic heterocycles. The summed E-state index contributed by atoms with van der Waals surface area (Å²) in [7, 11) is -3.10. The van der Waals surface area contributed by atoms with Crippen LogP contribution in [0.1, 0.15) is 26.0 Å². The number of carboxylic acid groups (broad SMARTS) is 1. The number of anilines is 1. The molecule has 1 aromatic carbocycles. The number of carboxylic acids is 1. The lowest BCUT2D eigenvalue weighted by Gasteiger charge is -2.50. The monoisotopic (exact) mass is 683 g/mol. The number of Topliss-reactive ketones (excluding diaryl/α,β-unsaturated/α-hetero) is 1. The smallest absolute Gasteiger partial charge is 0.418 e. The largest absolute Gasteiger partial charge is 0.489 e. The number of aliphatic carboxylic acids is 1. The molecule has 250 valence electrons. The van der Waals surface area contributed by atoms with Crippen LogP contribution in [0.25, 0.3) is 10.9 Å². The summed E-state index contributed by atoms with van der Waals surface area (Å²) in [4.78, 5) is 47.2. The fourth-order valence-electron chi connectivity index (χ4n) is 4.81. The Hall–Kier alpha value is -4.21. The summed E-state index contributed by atoms with van der Waals surface area (Å²) < 4.78 is 45.1. The van der Waals surface area contributed by atoms with Crippen molar-refractivity contribution < 1.29 is 51.0 Å². The van der Waals surface area contributed by atoms with E-state index in [4.69, 9.17) is 31.3 Å². The summed E-state index contributed by atoms with van der Waals surface area (Å²) in [6, 6.07) is 5.20. The number of nitrogen functional groups attached to an aromatic ring is 1. The van der Waals surface area contributed by atoms with Crippen LogP contribution in [0.5, 0.6) is 5.75 Å². The summed E-state index contributed by atoms with van der Waals surface area (Å²) >= 11 is 0.985. The molecule has 18 nitrogen and oxygen atoms in total. The number of oxime groups is 1. The highest BCUT2D eigenvalue weighted by Crippen LogP contribution is 2.40. The van der Waals surface area contributed by atoms with Gasteiger partial charge in [-0.3, -0.25) is 14.1 Å². The molecule has 3 aromatic rings. The number of thiazole rings is 1. The van der Waals surface area contributed by atoms with E-state index in [2.05, 4.69) is 14.4 Å². The quantitative estimate of drug-likeness (QED) is 0.0408. The number of carbonyl (C=O) groups excluding carboxylic acids is 2. The van der Waals surface area contributed by atoms with Crippen LogP contribution in [-0.4, -0.2) is 87.5 Å². The molecule has 0 aliphatic carbocycles. The molecule has 20 heteroatoms. The van der Waals surface area contributed by atoms with Gasteiger partial charge >= 0.3 is 16.4 Å². The maximum absolute atomic E-state index is 13.3. The zero-order valence-corrected chi connectivity index (χ0v) is 26.7. The van der Waals surface area contributed by atoms with Crippen LogP contribution in [0.2, 0.25) is 0 Å². The Labute approximate surface area is 267 Å². The Kier molecular flexibility index (Phi) is 10.3. The summed E-state index contributed by atoms with van der Waals surface area (Å²) in [5.41, 5.74) is 16.4. The van der Waals surface area contributed by atoms with Gasteiger partial charge in [-0.25, -0.2) is 9.78 Å². The van der Waals surface area contributed by atoms with Gasteiger partial charge in [0, 0.05) is 30.8 Å². The van der Waals surface area contributed by atoms with E-state index in [0.717, 1.165) is 22.2 Å². The molecule has 1 saturated heterocycles. The number of carbonyl (C=O) groups is 3. The van der Waals surface area contributed by atoms with E-state index in [9.17, 15) is 27.9 Å². The Morgan fingerprint density at radius 3 is 2.52 bits per heavy atom. The number of aromatic nitrogens is 3. The van der Waals surface area contributed by atoms with Gasteiger partial charge in [-0.15, -0.1) is 20.3 Å². The van der Waals surface area contributed by atoms with E-state index >= 15 is 0 Å². The molecular weight excluding hydrogens is 648 g/mol. The van der Waals surface area contributed by atoms with Gasteiger partial charge in [0.25, 0.3) is 12.0 Å². The number of β-lactam (4-membered cyclic amide) rings is 1. The second-order valence-corrected chi connectivity index (χ2v) is 12.9. The topological polar surface area (TPSA) is 269 Å². The van der Waals surface area contributed by atoms with Gasteiger partial charge < -0.3 is 31.9 Å². The lowest BCUT2D eigenvalue weighted by molar-refractivity contribution is -0.775. The molecule has 1 fully saturated rings. The van der Waals surface area contributed by atoms with Gasteiger partial charge in [0.2, 0.25) is 6.20 Å². The van der Waals surface area contributed by atoms with E-state index in [1.54, 1.807) is 12.1 Å². The number of ether oxygens (including phenoxy) is 1. The SMILES string of the molecule is Cn1c2ccc(OC[C@H](O/N=C(\C(=O)C[C@@H]3C(=O)N(OS(=O)(=O)O)C3(C)C)c3csc(N)n3)C(=O)O)cc2c[n+]1CC(CN)CN. The van der Waals surface area contributed by atoms with Crippen molar-refractivity contribution in [3.63, 3.8) is 0 Å². The first-order valence-electron chi connectivity index (χ1n) is 13.8. The summed E-state index contributed by atoms with van der Waals surface area (Å²) in [5, 5.41) is 16.3. The minimum Gasteiger partial charge on any atom is -0.489 e. The number of fused-ring (bicyclic) bond motifs is 1. The third-order valence-corrected chi connectivity index (χ3v) is 8.55. The zero-order valence-electron chi connectivity index (χ0n) is 25.1. The van der Waals surface area contributed by atoms with E-state index in [-0.39, 0.29) is 16.7 Å². The minimum atomic E-state index is -4.99. The van der Waals surface area contributed by atoms with Crippen molar-refractivity contribution in [1.82, 2.24) is 14.7 Å². The fraction of sp³-hybridized carbons (Fsp3) is 0.462. The van der Waals surface area contributed by atoms with Crippen LogP contribution >= 0.6 is 11.3 Å². The minimum absolute atomic E-state index is 0.0254. The number of hydrogen-bond donors (Lipinski definition) is 5. The summed E-state index contributed by atoms with van der Waals surface area (Å²) in [5.74, 6) is -3.73. The number of nitrogens with two attached hydrogens (primary N) is 3. The molecule has 0 unspecified atom stereocenters. The molecule has 0 bridgehead atoms. The maximum atomic E-state index is 13.3. The van der Waals surface area contributed by atoms with Gasteiger partial charge in [0.05, 0.1) is 23.9 Å². The molecule has 1 amide bonds. The second kappa shape index (κ2) is 13.6. The first-order valence-corrected chi connectivity index (χ1v) is 16.0. The molecule has 0 spiro atoms. The normalized spacial score (nSPS) is 17.3. The first kappa shape index (κ1) is 34.7. The van der Waals surface area contributed by atoms with E-state index in [0.29, 0.717) is 30.4 Å². The second-order valence-electron chi connectivity index (χ2n) is 11.1. The van der Waals surface area contributed by atoms with Gasteiger partial charge in [0.15, 0.2) is 23.2 Å². The fourth-order valence-corrected chi connectivity index (χ4v) is 5.81. The van der Waals surface area contributed by atoms with Gasteiger partial charge in [-0.1, -0.05) is 5.16 Å². The highest BCUT2D eigenvalue weighted by Gasteiger charge is 2.57. The number of hydroxylamine groups is 2. The Morgan fingerprint density at radius 1 is 1.26 bits per heavy atom. The summed E-state index contributed by atoms with van der Waals surface area (Å²) in [6.07, 6.45) is -0.264. The van der Waals surface area contributed by atoms with Crippen molar-refractivity contribution in [2.45, 2.75) is 38.5 Å². The average Bonchev–Trinajstić information content (AvgIpc) is 3.55. The molecule has 1 aliphatic rings. The lowest BCUT2D eigenvalue weighted by Crippen LogP contribution is -2.68. The average molecular weight is 684 g/mol. The number of nitrogens with zero attached hydrogens (tertiary/aromatic N) is 5. The maximum Gasteiger partial charge on any atom is 0.418 e. The molecule has 0 saturated carbocycles. The third-order valence-electron chi connectivity index (χ3n) is 7.54. The molecule has 0 radical (unpaired) electrons. The molecule has 3 heterocycles. The number of ketones is 1. The van der Waals surface area contributed by atoms with Crippen LogP contribution in [-0.2, 0) is 47.5 Å². The summed E-state index contributed by atoms with van der Waals surface area (Å²) in [6.45, 7) is 3.83. The third kappa shape index (κ3) is 7.59. The van der Waals surface area contributed by atoms with Crippen molar-refractivity contribution in [2.24, 2.45) is 35.5 Å². The molecular formula is C26H35N8O10S2+. The number of aryl methyl sites for hydroxylation is 1. The van der Waals surface area contributed by atoms with Gasteiger partial charge in [-0.05, 0) is 32.0 Å². The van der Waals surface area contributed by atoms with Crippen LogP contribution in [0.15, 0.2) is 34.9 Å². The van der Waals surface area contributed by atoms with Gasteiger partial charge in [-0.2, -0.15) is 18.2 Å². The van der Waals surface area contributed by atoms with Crippen LogP contribution in [0.4, 0.5) is 5.13 Å². The zero-order chi connectivity index (χ0) is 34.0. The van der Waals surface area contributed by atoms with Crippen molar-refractivity contribution in [2.75, 3.05) is 25.4 Å². The van der Waals surface area contributed by atoms with Crippen molar-refractivity contribution in [3.8, 4) is 5.75 Å². The number of benzene rings is 1. The van der Waals surface area contributed by atoms with E-state index < -0.39 is 64.4 Å². The highest BCUT2D eigenvalue weighted by atomic mass is 32.3. The Bertz CT molecular complexity index is 1770. The lowest BCUT2D eigenvalue weighted by atomic mass is 9.74. The van der Waals surface area contributed by atoms with Gasteiger partial charge in [0.1, 0.15) is 23.6 Å². The molecule has 4 rings (SSSR count). The van der Waals surface area contributed by atoms with Crippen LogP contribution < -0.4 is 26.6 Å². The molecule has 46 heavy (non-hydrogen) atoms. The predicted octanol–water partition coefficient (Wildman–Crippen LogP) is -0.778. The standard InChI is InChI=1S/C26H34N8O10S2/c1-26(2)17(23(36)34(26)44-46(39,40)41)7-20(35)22(18-13-45-25(29)30-18)31-43-21(24(37)38)12-42-16-4-5-19-15(6-16)11-33(32(19)3)10-14(8-27)9-28/h4-6,11,13-14,17,21H,7-10,12,27-28H2,1-3H3,(H3-,29,30,37,38,39,40,41)/p+1/b31-22-/t17-,21+/m1/s1. The van der Waals surface area contributed by atoms with Crippen molar-refractivity contribution in [1.29, 1.82) is 0 Å². The highest BCUT2D eigenvalue weighted by molar-refractivity contribution is 7.80. The van der Waals surface area contributed by atoms with E-state index in [1.807, 2.05) is 28.7 Å². The first-order chi connectivity index (χ1) is 21.5. The predicted molar refractivity (Wildman–Crippen MR) is 162 cm³/mol. The molecule has 2 atom stereocenters. The number of amides is 1. The van der Waals surface area contributed by atoms with Crippen LogP contribution in [0.3, 0.4) is 0 Å². The van der Waals surface area contributed by atoms with Crippen molar-refractivity contribution >= 4 is 61.1 Å². The Morgan fingerprint density at radius 2 is 1.96 bits per heavy atom. The Balaban J connectivity index is 1.49. The van der Waals surface area contributed by atoms with Crippen LogP contribution in [0, 0.1) is 11.8 Å². The number of hydrogen-bond acceptors (Lipinski definition) is 14. The van der Waals surface area contributed by atoms with Crippen molar-refractivity contribution in [3.05, 3.63) is 35.5 Å². The molecule has 8 N–H and O–H groups in total. The number of rotatable bonds is 16.